The van der Waals surface area contributed by atoms with Gasteiger partial charge >= 0.3 is 0 Å². The molecule has 1 N–H and O–H groups in total. The summed E-state index contributed by atoms with van der Waals surface area (Å²) in [6.45, 7) is 5.06. The van der Waals surface area contributed by atoms with Crippen molar-refractivity contribution in [3.8, 4) is 0 Å². The number of amides is 1. The van der Waals surface area contributed by atoms with E-state index in [2.05, 4.69) is 15.2 Å². The SMILES string of the molecule is O=C(NCCCN1CCOCC1)c1cc2cccnc2n(Cc2ccc(Cl)cc2)c1=O. The first-order chi connectivity index (χ1) is 15.1. The van der Waals surface area contributed by atoms with Crippen LogP contribution in [0.5, 0.6) is 0 Å². The lowest BCUT2D eigenvalue weighted by Crippen LogP contribution is -2.38. The molecule has 0 saturated carbocycles. The Morgan fingerprint density at radius 1 is 1.16 bits per heavy atom. The fourth-order valence-electron chi connectivity index (χ4n) is 3.71. The van der Waals surface area contributed by atoms with Gasteiger partial charge in [-0.1, -0.05) is 23.7 Å². The molecule has 0 radical (unpaired) electrons. The molecule has 0 aliphatic carbocycles. The number of morpholine rings is 1. The number of benzene rings is 1. The van der Waals surface area contributed by atoms with Crippen molar-refractivity contribution in [2.24, 2.45) is 0 Å². The summed E-state index contributed by atoms with van der Waals surface area (Å²) in [7, 11) is 0. The fourth-order valence-corrected chi connectivity index (χ4v) is 3.84. The van der Waals surface area contributed by atoms with Gasteiger partial charge in [-0.25, -0.2) is 4.98 Å². The molecule has 1 aromatic carbocycles. The average molecular weight is 441 g/mol. The second-order valence-electron chi connectivity index (χ2n) is 7.56. The Labute approximate surface area is 185 Å². The maximum absolute atomic E-state index is 13.2. The van der Waals surface area contributed by atoms with Gasteiger partial charge in [0.2, 0.25) is 0 Å². The van der Waals surface area contributed by atoms with E-state index in [0.717, 1.165) is 50.2 Å². The number of nitrogens with zero attached hydrogens (tertiary/aromatic N) is 3. The normalized spacial score (nSPS) is 14.6. The van der Waals surface area contributed by atoms with E-state index in [0.29, 0.717) is 23.8 Å². The topological polar surface area (TPSA) is 76.5 Å². The summed E-state index contributed by atoms with van der Waals surface area (Å²) in [5.74, 6) is -0.359. The van der Waals surface area contributed by atoms with Crippen LogP contribution >= 0.6 is 11.6 Å². The van der Waals surface area contributed by atoms with E-state index in [-0.39, 0.29) is 17.0 Å². The largest absolute Gasteiger partial charge is 0.379 e. The molecule has 1 amide bonds. The third-order valence-corrected chi connectivity index (χ3v) is 5.64. The zero-order valence-corrected chi connectivity index (χ0v) is 18.0. The Balaban J connectivity index is 1.51. The van der Waals surface area contributed by atoms with Crippen LogP contribution in [0.4, 0.5) is 0 Å². The number of hydrogen-bond acceptors (Lipinski definition) is 5. The molecule has 1 saturated heterocycles. The van der Waals surface area contributed by atoms with Crippen LogP contribution in [0.15, 0.2) is 53.5 Å². The van der Waals surface area contributed by atoms with Gasteiger partial charge in [0, 0.05) is 36.2 Å². The fraction of sp³-hybridized carbons (Fsp3) is 0.348. The molecule has 162 valence electrons. The van der Waals surface area contributed by atoms with Gasteiger partial charge < -0.3 is 10.1 Å². The number of aromatic nitrogens is 2. The minimum atomic E-state index is -0.359. The van der Waals surface area contributed by atoms with E-state index < -0.39 is 0 Å². The van der Waals surface area contributed by atoms with E-state index in [9.17, 15) is 9.59 Å². The minimum absolute atomic E-state index is 0.126. The summed E-state index contributed by atoms with van der Waals surface area (Å²) in [6.07, 6.45) is 2.46. The monoisotopic (exact) mass is 440 g/mol. The molecule has 0 spiro atoms. The van der Waals surface area contributed by atoms with Crippen molar-refractivity contribution in [1.82, 2.24) is 19.8 Å². The molecule has 3 aromatic rings. The Morgan fingerprint density at radius 2 is 1.94 bits per heavy atom. The van der Waals surface area contributed by atoms with Gasteiger partial charge in [0.1, 0.15) is 11.2 Å². The van der Waals surface area contributed by atoms with Crippen molar-refractivity contribution in [2.45, 2.75) is 13.0 Å². The lowest BCUT2D eigenvalue weighted by molar-refractivity contribution is 0.0374. The lowest BCUT2D eigenvalue weighted by atomic mass is 10.1. The second kappa shape index (κ2) is 10.0. The van der Waals surface area contributed by atoms with Crippen LogP contribution in [-0.4, -0.2) is 59.8 Å². The van der Waals surface area contributed by atoms with Gasteiger partial charge in [0.15, 0.2) is 0 Å². The summed E-state index contributed by atoms with van der Waals surface area (Å²) >= 11 is 5.97. The predicted molar refractivity (Wildman–Crippen MR) is 121 cm³/mol. The van der Waals surface area contributed by atoms with E-state index in [1.807, 2.05) is 18.2 Å². The number of carbonyl (C=O) groups is 1. The van der Waals surface area contributed by atoms with Crippen LogP contribution in [0.2, 0.25) is 5.02 Å². The smallest absolute Gasteiger partial charge is 0.265 e. The standard InChI is InChI=1S/C23H25ClN4O3/c24-19-6-4-17(5-7-19)16-28-21-18(3-1-8-25-21)15-20(23(28)30)22(29)26-9-2-10-27-11-13-31-14-12-27/h1,3-8,15H,2,9-14,16H2,(H,26,29). The van der Waals surface area contributed by atoms with E-state index in [1.54, 1.807) is 35.0 Å². The Hall–Kier alpha value is -2.74. The Kier molecular flexibility index (Phi) is 6.96. The highest BCUT2D eigenvalue weighted by Gasteiger charge is 2.17. The summed E-state index contributed by atoms with van der Waals surface area (Å²) in [5, 5.41) is 4.27. The van der Waals surface area contributed by atoms with Gasteiger partial charge in [-0.15, -0.1) is 0 Å². The molecule has 3 heterocycles. The van der Waals surface area contributed by atoms with Crippen LogP contribution in [0.1, 0.15) is 22.3 Å². The van der Waals surface area contributed by atoms with Gasteiger partial charge in [0.25, 0.3) is 11.5 Å². The third kappa shape index (κ3) is 5.31. The predicted octanol–water partition coefficient (Wildman–Crippen LogP) is 2.55. The van der Waals surface area contributed by atoms with Crippen molar-refractivity contribution < 1.29 is 9.53 Å². The molecule has 0 bridgehead atoms. The van der Waals surface area contributed by atoms with Crippen molar-refractivity contribution in [2.75, 3.05) is 39.4 Å². The maximum atomic E-state index is 13.2. The summed E-state index contributed by atoms with van der Waals surface area (Å²) < 4.78 is 6.89. The number of pyridine rings is 2. The number of nitrogens with one attached hydrogen (secondary N) is 1. The van der Waals surface area contributed by atoms with Crippen LogP contribution in [-0.2, 0) is 11.3 Å². The zero-order chi connectivity index (χ0) is 21.6. The molecule has 7 nitrogen and oxygen atoms in total. The van der Waals surface area contributed by atoms with Gasteiger partial charge in [-0.3, -0.25) is 19.1 Å². The van der Waals surface area contributed by atoms with Gasteiger partial charge in [-0.2, -0.15) is 0 Å². The number of rotatable bonds is 7. The first-order valence-electron chi connectivity index (χ1n) is 10.4. The lowest BCUT2D eigenvalue weighted by Gasteiger charge is -2.26. The Morgan fingerprint density at radius 3 is 2.71 bits per heavy atom. The van der Waals surface area contributed by atoms with Crippen LogP contribution < -0.4 is 10.9 Å². The number of carbonyl (C=O) groups excluding carboxylic acids is 1. The molecular weight excluding hydrogens is 416 g/mol. The zero-order valence-electron chi connectivity index (χ0n) is 17.2. The highest BCUT2D eigenvalue weighted by atomic mass is 35.5. The highest BCUT2D eigenvalue weighted by molar-refractivity contribution is 6.30. The number of hydrogen-bond donors (Lipinski definition) is 1. The van der Waals surface area contributed by atoms with Crippen LogP contribution in [0.3, 0.4) is 0 Å². The van der Waals surface area contributed by atoms with Gasteiger partial charge in [-0.05, 0) is 48.9 Å². The first kappa shape index (κ1) is 21.5. The van der Waals surface area contributed by atoms with Crippen molar-refractivity contribution >= 4 is 28.5 Å². The second-order valence-corrected chi connectivity index (χ2v) is 7.99. The third-order valence-electron chi connectivity index (χ3n) is 5.39. The summed E-state index contributed by atoms with van der Waals surface area (Å²) in [6, 6.07) is 12.6. The highest BCUT2D eigenvalue weighted by Crippen LogP contribution is 2.15. The molecule has 8 heteroatoms. The summed E-state index contributed by atoms with van der Waals surface area (Å²) in [5.41, 5.74) is 1.22. The molecule has 1 fully saturated rings. The Bertz CT molecular complexity index is 1110. The molecule has 4 rings (SSSR count). The maximum Gasteiger partial charge on any atom is 0.265 e. The molecule has 0 atom stereocenters. The van der Waals surface area contributed by atoms with Crippen molar-refractivity contribution in [3.63, 3.8) is 0 Å². The van der Waals surface area contributed by atoms with Crippen molar-refractivity contribution in [3.05, 3.63) is 75.2 Å². The van der Waals surface area contributed by atoms with E-state index in [4.69, 9.17) is 16.3 Å². The molecule has 2 aromatic heterocycles. The molecule has 31 heavy (non-hydrogen) atoms. The number of ether oxygens (including phenoxy) is 1. The quantitative estimate of drug-likeness (QED) is 0.571. The number of halogens is 1. The van der Waals surface area contributed by atoms with Crippen LogP contribution in [0.25, 0.3) is 11.0 Å². The van der Waals surface area contributed by atoms with E-state index in [1.165, 1.54) is 0 Å². The summed E-state index contributed by atoms with van der Waals surface area (Å²) in [4.78, 5) is 32.7. The van der Waals surface area contributed by atoms with Gasteiger partial charge in [0.05, 0.1) is 19.8 Å². The molecule has 0 unspecified atom stereocenters. The average Bonchev–Trinajstić information content (AvgIpc) is 2.80. The molecule has 1 aliphatic heterocycles. The number of fused-ring (bicyclic) bond motifs is 1. The molecule has 1 aliphatic rings. The van der Waals surface area contributed by atoms with Crippen molar-refractivity contribution in [1.29, 1.82) is 0 Å². The minimum Gasteiger partial charge on any atom is -0.379 e. The van der Waals surface area contributed by atoms with Crippen LogP contribution in [0, 0.1) is 0 Å². The molecular formula is C23H25ClN4O3. The van der Waals surface area contributed by atoms with E-state index >= 15 is 0 Å². The first-order valence-corrected chi connectivity index (χ1v) is 10.8.